The molecular weight excluding hydrogens is 410 g/mol. The summed E-state index contributed by atoms with van der Waals surface area (Å²) in [5.41, 5.74) is 2.17. The Morgan fingerprint density at radius 1 is 1.26 bits per heavy atom. The van der Waals surface area contributed by atoms with Crippen LogP contribution in [0.1, 0.15) is 12.5 Å². The number of aliphatic carboxylic acids is 1. The number of ether oxygens (including phenoxy) is 2. The number of hydrazine groups is 1. The number of para-hydroxylation sites is 1. The number of hydrogen-bond acceptors (Lipinski definition) is 7. The van der Waals surface area contributed by atoms with E-state index in [2.05, 4.69) is 5.43 Å². The molecule has 160 valence electrons. The molecule has 0 spiro atoms. The molecule has 1 saturated heterocycles. The van der Waals surface area contributed by atoms with Crippen molar-refractivity contribution in [2.45, 2.75) is 13.0 Å². The standard InChI is InChI=1S/C20H17N3O8/c1-11(20(26)27)31-17-15(23(28)29)9-12(10-16(17)30-2)8-14-18(24)21-22(19(14)25)13-6-4-3-5-7-13/h3-11H,1-2H3,(H,21,24)(H,26,27)/b14-8-/t11-/m1/s1. The second-order valence-corrected chi connectivity index (χ2v) is 6.40. The number of carbonyl (C=O) groups is 3. The van der Waals surface area contributed by atoms with Gasteiger partial charge in [-0.2, -0.15) is 0 Å². The minimum absolute atomic E-state index is 0.118. The lowest BCUT2D eigenvalue weighted by Gasteiger charge is -2.14. The van der Waals surface area contributed by atoms with Crippen LogP contribution in [0.5, 0.6) is 11.5 Å². The Labute approximate surface area is 175 Å². The number of rotatable bonds is 7. The molecule has 1 atom stereocenters. The number of carboxylic acid groups (broad SMARTS) is 1. The first-order valence-corrected chi connectivity index (χ1v) is 8.91. The van der Waals surface area contributed by atoms with Crippen LogP contribution in [-0.2, 0) is 14.4 Å². The van der Waals surface area contributed by atoms with Gasteiger partial charge in [0.1, 0.15) is 5.57 Å². The molecule has 2 N–H and O–H groups in total. The summed E-state index contributed by atoms with van der Waals surface area (Å²) in [7, 11) is 1.22. The average Bonchev–Trinajstić information content (AvgIpc) is 3.02. The summed E-state index contributed by atoms with van der Waals surface area (Å²) in [4.78, 5) is 46.9. The molecule has 11 heteroatoms. The van der Waals surface area contributed by atoms with Crippen molar-refractivity contribution in [2.24, 2.45) is 0 Å². The minimum Gasteiger partial charge on any atom is -0.493 e. The fraction of sp³-hybridized carbons (Fsp3) is 0.150. The Hall–Kier alpha value is -4.41. The van der Waals surface area contributed by atoms with Gasteiger partial charge in [-0.05, 0) is 36.8 Å². The Kier molecular flexibility index (Phi) is 5.86. The van der Waals surface area contributed by atoms with Gasteiger partial charge in [-0.1, -0.05) is 18.2 Å². The number of nitro groups is 1. The van der Waals surface area contributed by atoms with Crippen LogP contribution in [0, 0.1) is 10.1 Å². The molecule has 1 aliphatic rings. The first kappa shape index (κ1) is 21.3. The second-order valence-electron chi connectivity index (χ2n) is 6.40. The van der Waals surface area contributed by atoms with Gasteiger partial charge in [0.15, 0.2) is 11.9 Å². The van der Waals surface area contributed by atoms with E-state index in [4.69, 9.17) is 14.6 Å². The number of nitro benzene ring substituents is 1. The van der Waals surface area contributed by atoms with E-state index in [9.17, 15) is 24.5 Å². The van der Waals surface area contributed by atoms with E-state index < -0.39 is 34.5 Å². The van der Waals surface area contributed by atoms with Crippen LogP contribution in [0.4, 0.5) is 11.4 Å². The van der Waals surface area contributed by atoms with Crippen molar-refractivity contribution in [3.63, 3.8) is 0 Å². The molecule has 11 nitrogen and oxygen atoms in total. The quantitative estimate of drug-likeness (QED) is 0.295. The van der Waals surface area contributed by atoms with Crippen LogP contribution < -0.4 is 19.9 Å². The average molecular weight is 427 g/mol. The van der Waals surface area contributed by atoms with Crippen molar-refractivity contribution in [3.05, 3.63) is 63.7 Å². The van der Waals surface area contributed by atoms with Crippen LogP contribution >= 0.6 is 0 Å². The number of benzene rings is 2. The lowest BCUT2D eigenvalue weighted by molar-refractivity contribution is -0.386. The number of amides is 2. The third-order valence-electron chi connectivity index (χ3n) is 4.33. The zero-order valence-corrected chi connectivity index (χ0v) is 16.4. The van der Waals surface area contributed by atoms with Gasteiger partial charge in [0.05, 0.1) is 17.7 Å². The highest BCUT2D eigenvalue weighted by Gasteiger charge is 2.35. The molecule has 0 bridgehead atoms. The SMILES string of the molecule is COc1cc(/C=C2/C(=O)NN(c3ccccc3)C2=O)cc([N+](=O)[O-])c1O[C@H](C)C(=O)O. The molecule has 0 radical (unpaired) electrons. The molecular formula is C20H17N3O8. The van der Waals surface area contributed by atoms with Crippen molar-refractivity contribution in [3.8, 4) is 11.5 Å². The molecule has 2 aromatic carbocycles. The maximum atomic E-state index is 12.7. The van der Waals surface area contributed by atoms with Crippen molar-refractivity contribution >= 4 is 35.2 Å². The summed E-state index contributed by atoms with van der Waals surface area (Å²) < 4.78 is 10.3. The van der Waals surface area contributed by atoms with Crippen molar-refractivity contribution in [1.82, 2.24) is 5.43 Å². The summed E-state index contributed by atoms with van der Waals surface area (Å²) in [6.45, 7) is 1.21. The summed E-state index contributed by atoms with van der Waals surface area (Å²) in [5.74, 6) is -3.15. The Morgan fingerprint density at radius 3 is 2.52 bits per heavy atom. The van der Waals surface area contributed by atoms with Gasteiger partial charge in [-0.15, -0.1) is 0 Å². The van der Waals surface area contributed by atoms with Crippen LogP contribution in [0.3, 0.4) is 0 Å². The van der Waals surface area contributed by atoms with Crippen molar-refractivity contribution < 1.29 is 33.9 Å². The van der Waals surface area contributed by atoms with Crippen LogP contribution in [0.2, 0.25) is 0 Å². The first-order valence-electron chi connectivity index (χ1n) is 8.91. The van der Waals surface area contributed by atoms with Gasteiger partial charge < -0.3 is 14.6 Å². The predicted molar refractivity (Wildman–Crippen MR) is 107 cm³/mol. The maximum Gasteiger partial charge on any atom is 0.344 e. The molecule has 2 aromatic rings. The summed E-state index contributed by atoms with van der Waals surface area (Å²) >= 11 is 0. The van der Waals surface area contributed by atoms with E-state index in [1.807, 2.05) is 0 Å². The van der Waals surface area contributed by atoms with Gasteiger partial charge >= 0.3 is 11.7 Å². The number of hydrogen-bond donors (Lipinski definition) is 2. The molecule has 31 heavy (non-hydrogen) atoms. The van der Waals surface area contributed by atoms with Crippen LogP contribution in [0.25, 0.3) is 6.08 Å². The smallest absolute Gasteiger partial charge is 0.344 e. The maximum absolute atomic E-state index is 12.7. The number of nitrogens with one attached hydrogen (secondary N) is 1. The summed E-state index contributed by atoms with van der Waals surface area (Å²) in [5, 5.41) is 21.6. The number of anilines is 1. The summed E-state index contributed by atoms with van der Waals surface area (Å²) in [6, 6.07) is 10.8. The third kappa shape index (κ3) is 4.29. The predicted octanol–water partition coefficient (Wildman–Crippen LogP) is 1.92. The molecule has 0 saturated carbocycles. The normalized spacial score (nSPS) is 15.5. The molecule has 0 aromatic heterocycles. The molecule has 2 amide bonds. The Bertz CT molecular complexity index is 1100. The van der Waals surface area contributed by atoms with Crippen molar-refractivity contribution in [2.75, 3.05) is 12.1 Å². The number of nitrogens with zero attached hydrogens (tertiary/aromatic N) is 2. The molecule has 3 rings (SSSR count). The number of methoxy groups -OCH3 is 1. The second kappa shape index (κ2) is 8.53. The van der Waals surface area contributed by atoms with Crippen molar-refractivity contribution in [1.29, 1.82) is 0 Å². The zero-order valence-electron chi connectivity index (χ0n) is 16.4. The molecule has 0 unspecified atom stereocenters. The van der Waals surface area contributed by atoms with Gasteiger partial charge in [-0.3, -0.25) is 25.1 Å². The van der Waals surface area contributed by atoms with Gasteiger partial charge in [0.25, 0.3) is 11.8 Å². The monoisotopic (exact) mass is 427 g/mol. The third-order valence-corrected chi connectivity index (χ3v) is 4.33. The fourth-order valence-electron chi connectivity index (χ4n) is 2.81. The topological polar surface area (TPSA) is 148 Å². The zero-order chi connectivity index (χ0) is 22.7. The van der Waals surface area contributed by atoms with Crippen LogP contribution in [0.15, 0.2) is 48.0 Å². The lowest BCUT2D eigenvalue weighted by atomic mass is 10.1. The Morgan fingerprint density at radius 2 is 1.94 bits per heavy atom. The minimum atomic E-state index is -1.38. The fourth-order valence-corrected chi connectivity index (χ4v) is 2.81. The molecule has 0 aliphatic carbocycles. The van der Waals surface area contributed by atoms with E-state index in [1.165, 1.54) is 26.2 Å². The van der Waals surface area contributed by atoms with E-state index >= 15 is 0 Å². The highest BCUT2D eigenvalue weighted by Crippen LogP contribution is 2.39. The highest BCUT2D eigenvalue weighted by atomic mass is 16.6. The van der Waals surface area contributed by atoms with E-state index in [1.54, 1.807) is 30.3 Å². The van der Waals surface area contributed by atoms with Gasteiger partial charge in [-0.25, -0.2) is 9.80 Å². The largest absolute Gasteiger partial charge is 0.493 e. The molecule has 1 aliphatic heterocycles. The highest BCUT2D eigenvalue weighted by molar-refractivity contribution is 6.31. The first-order chi connectivity index (χ1) is 14.7. The number of carboxylic acids is 1. The van der Waals surface area contributed by atoms with Crippen LogP contribution in [-0.4, -0.2) is 41.0 Å². The lowest BCUT2D eigenvalue weighted by Crippen LogP contribution is -2.35. The Balaban J connectivity index is 2.03. The van der Waals surface area contributed by atoms with Gasteiger partial charge in [0, 0.05) is 6.07 Å². The van der Waals surface area contributed by atoms with E-state index in [0.717, 1.165) is 11.1 Å². The van der Waals surface area contributed by atoms with E-state index in [0.29, 0.717) is 5.69 Å². The van der Waals surface area contributed by atoms with Gasteiger partial charge in [0.2, 0.25) is 5.75 Å². The summed E-state index contributed by atoms with van der Waals surface area (Å²) in [6.07, 6.45) is -0.195. The molecule has 1 fully saturated rings. The number of carbonyl (C=O) groups excluding carboxylic acids is 2. The molecule has 1 heterocycles. The van der Waals surface area contributed by atoms with E-state index in [-0.39, 0.29) is 22.6 Å².